The predicted octanol–water partition coefficient (Wildman–Crippen LogP) is 6.36. The fourth-order valence-electron chi connectivity index (χ4n) is 4.30. The summed E-state index contributed by atoms with van der Waals surface area (Å²) in [6.07, 6.45) is 6.14. The minimum Gasteiger partial charge on any atom is -0.293 e. The Hall–Kier alpha value is -2.38. The standard InChI is InChI=1S/C24H22FN3OS2/c1-13(2)20-17-6-4-3-5-16(17)19-21-22(31-23(19)28-20)24(27-12-26-21)30-11-18(29)14-7-9-15(25)10-8-14/h7-10,12-13H,3-6,11H2,1-2H3. The Kier molecular flexibility index (Phi) is 5.48. The van der Waals surface area contributed by atoms with Gasteiger partial charge in [-0.15, -0.1) is 11.3 Å². The van der Waals surface area contributed by atoms with Crippen LogP contribution in [0, 0.1) is 5.82 Å². The zero-order valence-electron chi connectivity index (χ0n) is 17.4. The Labute approximate surface area is 188 Å². The molecule has 4 aromatic rings. The van der Waals surface area contributed by atoms with Crippen LogP contribution in [0.15, 0.2) is 35.6 Å². The number of thioether (sulfide) groups is 1. The highest BCUT2D eigenvalue weighted by Gasteiger charge is 2.24. The molecule has 0 radical (unpaired) electrons. The van der Waals surface area contributed by atoms with Crippen molar-refractivity contribution in [2.75, 3.05) is 5.75 Å². The van der Waals surface area contributed by atoms with Gasteiger partial charge in [0, 0.05) is 16.6 Å². The maximum atomic E-state index is 13.1. The van der Waals surface area contributed by atoms with Crippen molar-refractivity contribution in [3.63, 3.8) is 0 Å². The van der Waals surface area contributed by atoms with E-state index in [0.717, 1.165) is 32.9 Å². The summed E-state index contributed by atoms with van der Waals surface area (Å²) in [4.78, 5) is 27.7. The molecule has 0 atom stereocenters. The number of hydrogen-bond acceptors (Lipinski definition) is 6. The Morgan fingerprint density at radius 1 is 1.13 bits per heavy atom. The molecule has 0 saturated carbocycles. The molecular formula is C24H22FN3OS2. The molecule has 1 aliphatic carbocycles. The van der Waals surface area contributed by atoms with E-state index >= 15 is 0 Å². The van der Waals surface area contributed by atoms with Crippen LogP contribution in [0.4, 0.5) is 4.39 Å². The molecule has 0 bridgehead atoms. The van der Waals surface area contributed by atoms with E-state index in [0.29, 0.717) is 11.5 Å². The van der Waals surface area contributed by atoms with Crippen molar-refractivity contribution in [3.8, 4) is 0 Å². The van der Waals surface area contributed by atoms with Crippen LogP contribution in [-0.2, 0) is 12.8 Å². The van der Waals surface area contributed by atoms with Crippen LogP contribution in [0.2, 0.25) is 0 Å². The van der Waals surface area contributed by atoms with Crippen molar-refractivity contribution in [2.24, 2.45) is 0 Å². The first kappa shape index (κ1) is 20.5. The molecule has 0 saturated heterocycles. The number of hydrogen-bond donors (Lipinski definition) is 0. The number of benzene rings is 1. The summed E-state index contributed by atoms with van der Waals surface area (Å²) >= 11 is 3.03. The Morgan fingerprint density at radius 3 is 2.61 bits per heavy atom. The number of pyridine rings is 1. The topological polar surface area (TPSA) is 55.7 Å². The summed E-state index contributed by atoms with van der Waals surface area (Å²) in [7, 11) is 0. The van der Waals surface area contributed by atoms with Gasteiger partial charge in [0.1, 0.15) is 22.0 Å². The van der Waals surface area contributed by atoms with Crippen LogP contribution < -0.4 is 0 Å². The third-order valence-electron chi connectivity index (χ3n) is 5.77. The highest BCUT2D eigenvalue weighted by Crippen LogP contribution is 2.42. The van der Waals surface area contributed by atoms with E-state index in [-0.39, 0.29) is 17.4 Å². The number of carbonyl (C=O) groups excluding carboxylic acids is 1. The van der Waals surface area contributed by atoms with Gasteiger partial charge in [-0.05, 0) is 67.0 Å². The van der Waals surface area contributed by atoms with Crippen molar-refractivity contribution >= 4 is 49.3 Å². The van der Waals surface area contributed by atoms with E-state index in [1.54, 1.807) is 17.7 Å². The molecule has 1 aliphatic rings. The van der Waals surface area contributed by atoms with Gasteiger partial charge in [0.15, 0.2) is 5.78 Å². The molecule has 0 aliphatic heterocycles. The lowest BCUT2D eigenvalue weighted by Crippen LogP contribution is -2.10. The monoisotopic (exact) mass is 451 g/mol. The first-order chi connectivity index (χ1) is 15.0. The summed E-state index contributed by atoms with van der Waals surface area (Å²) in [6.45, 7) is 4.41. The van der Waals surface area contributed by atoms with E-state index in [1.807, 2.05) is 0 Å². The maximum Gasteiger partial charge on any atom is 0.173 e. The molecule has 0 amide bonds. The zero-order valence-corrected chi connectivity index (χ0v) is 19.1. The third-order valence-corrected chi connectivity index (χ3v) is 7.97. The van der Waals surface area contributed by atoms with Gasteiger partial charge < -0.3 is 0 Å². The molecule has 158 valence electrons. The second-order valence-corrected chi connectivity index (χ2v) is 10.1. The second kappa shape index (κ2) is 8.28. The summed E-state index contributed by atoms with van der Waals surface area (Å²) in [6, 6.07) is 5.68. The number of thiophene rings is 1. The molecule has 3 aromatic heterocycles. The number of fused-ring (bicyclic) bond motifs is 5. The fourth-order valence-corrected chi connectivity index (χ4v) is 6.44. The SMILES string of the molecule is CC(C)c1nc2sc3c(SCC(=O)c4ccc(F)cc4)ncnc3c2c2c1CCCC2. The van der Waals surface area contributed by atoms with Crippen LogP contribution in [0.1, 0.15) is 59.8 Å². The van der Waals surface area contributed by atoms with Crippen LogP contribution in [-0.4, -0.2) is 26.5 Å². The smallest absolute Gasteiger partial charge is 0.173 e. The van der Waals surface area contributed by atoms with Crippen LogP contribution in [0.5, 0.6) is 0 Å². The van der Waals surface area contributed by atoms with Crippen LogP contribution in [0.3, 0.4) is 0 Å². The van der Waals surface area contributed by atoms with Gasteiger partial charge in [-0.1, -0.05) is 25.6 Å². The third kappa shape index (κ3) is 3.74. The van der Waals surface area contributed by atoms with Gasteiger partial charge in [-0.2, -0.15) is 0 Å². The summed E-state index contributed by atoms with van der Waals surface area (Å²) in [5.41, 5.74) is 5.49. The van der Waals surface area contributed by atoms with Gasteiger partial charge in [0.05, 0.1) is 16.0 Å². The first-order valence-electron chi connectivity index (χ1n) is 10.5. The number of nitrogens with zero attached hydrogens (tertiary/aromatic N) is 3. The molecule has 0 fully saturated rings. The molecule has 5 rings (SSSR count). The number of carbonyl (C=O) groups is 1. The lowest BCUT2D eigenvalue weighted by Gasteiger charge is -2.21. The largest absolute Gasteiger partial charge is 0.293 e. The Bertz CT molecular complexity index is 1300. The van der Waals surface area contributed by atoms with Crippen molar-refractivity contribution < 1.29 is 9.18 Å². The van der Waals surface area contributed by atoms with Gasteiger partial charge >= 0.3 is 0 Å². The van der Waals surface area contributed by atoms with Crippen molar-refractivity contribution in [1.29, 1.82) is 0 Å². The molecule has 4 nitrogen and oxygen atoms in total. The van der Waals surface area contributed by atoms with Crippen molar-refractivity contribution in [2.45, 2.75) is 50.5 Å². The maximum absolute atomic E-state index is 13.1. The summed E-state index contributed by atoms with van der Waals surface area (Å²) < 4.78 is 14.1. The lowest BCUT2D eigenvalue weighted by atomic mass is 9.86. The predicted molar refractivity (Wildman–Crippen MR) is 125 cm³/mol. The Morgan fingerprint density at radius 2 is 1.87 bits per heavy atom. The fraction of sp³-hybridized carbons (Fsp3) is 0.333. The average Bonchev–Trinajstić information content (AvgIpc) is 3.16. The zero-order chi connectivity index (χ0) is 21.5. The highest BCUT2D eigenvalue weighted by molar-refractivity contribution is 8.00. The normalized spacial score (nSPS) is 13.8. The average molecular weight is 452 g/mol. The molecule has 0 N–H and O–H groups in total. The van der Waals surface area contributed by atoms with E-state index < -0.39 is 0 Å². The van der Waals surface area contributed by atoms with Gasteiger partial charge in [-0.3, -0.25) is 4.79 Å². The van der Waals surface area contributed by atoms with E-state index in [4.69, 9.17) is 4.98 Å². The lowest BCUT2D eigenvalue weighted by molar-refractivity contribution is 0.102. The quantitative estimate of drug-likeness (QED) is 0.201. The summed E-state index contributed by atoms with van der Waals surface area (Å²) in [5, 5.41) is 1.98. The number of halogens is 1. The minimum absolute atomic E-state index is 0.0459. The number of Topliss-reactive ketones (excluding diaryl/α,β-unsaturated/α-hetero) is 1. The molecule has 1 aromatic carbocycles. The summed E-state index contributed by atoms with van der Waals surface area (Å²) in [5.74, 6) is 0.239. The van der Waals surface area contributed by atoms with Gasteiger partial charge in [-0.25, -0.2) is 19.3 Å². The molecule has 0 unspecified atom stereocenters. The number of ketones is 1. The van der Waals surface area contributed by atoms with Gasteiger partial charge in [0.25, 0.3) is 0 Å². The molecule has 3 heterocycles. The van der Waals surface area contributed by atoms with E-state index in [2.05, 4.69) is 23.8 Å². The minimum atomic E-state index is -0.344. The van der Waals surface area contributed by atoms with Crippen LogP contribution in [0.25, 0.3) is 20.4 Å². The number of aryl methyl sites for hydroxylation is 1. The van der Waals surface area contributed by atoms with Crippen molar-refractivity contribution in [1.82, 2.24) is 15.0 Å². The molecule has 0 spiro atoms. The van der Waals surface area contributed by atoms with Crippen LogP contribution >= 0.6 is 23.1 Å². The second-order valence-electron chi connectivity index (χ2n) is 8.17. The first-order valence-corrected chi connectivity index (χ1v) is 12.3. The van der Waals surface area contributed by atoms with Crippen molar-refractivity contribution in [3.05, 3.63) is 58.8 Å². The number of rotatable bonds is 5. The highest BCUT2D eigenvalue weighted by atomic mass is 32.2. The molecule has 31 heavy (non-hydrogen) atoms. The Balaban J connectivity index is 1.55. The molecule has 7 heteroatoms. The van der Waals surface area contributed by atoms with Gasteiger partial charge in [0.2, 0.25) is 0 Å². The molecular weight excluding hydrogens is 429 g/mol. The van der Waals surface area contributed by atoms with E-state index in [9.17, 15) is 9.18 Å². The van der Waals surface area contributed by atoms with E-state index in [1.165, 1.54) is 71.1 Å². The number of aromatic nitrogens is 3.